The van der Waals surface area contributed by atoms with Crippen LogP contribution in [-0.4, -0.2) is 13.1 Å². The van der Waals surface area contributed by atoms with Gasteiger partial charge in [-0.3, -0.25) is 0 Å². The molecule has 0 radical (unpaired) electrons. The third-order valence-electron chi connectivity index (χ3n) is 4.38. The van der Waals surface area contributed by atoms with Gasteiger partial charge in [0, 0.05) is 5.57 Å². The molecule has 0 spiro atoms. The SMILES string of the molecule is COc1ccc(/C=C/CCCC(=C=O)CCC/C=C/c2ccccc2)cc1. The molecular formula is C25H28O2. The van der Waals surface area contributed by atoms with Crippen molar-refractivity contribution in [3.05, 3.63) is 83.4 Å². The van der Waals surface area contributed by atoms with E-state index in [0.717, 1.165) is 55.4 Å². The van der Waals surface area contributed by atoms with Crippen LogP contribution in [0.4, 0.5) is 0 Å². The molecule has 2 nitrogen and oxygen atoms in total. The van der Waals surface area contributed by atoms with E-state index in [1.165, 1.54) is 5.56 Å². The molecule has 0 amide bonds. The summed E-state index contributed by atoms with van der Waals surface area (Å²) in [6.45, 7) is 0. The van der Waals surface area contributed by atoms with Crippen LogP contribution in [0.1, 0.15) is 49.7 Å². The Balaban J connectivity index is 1.61. The average Bonchev–Trinajstić information content (AvgIpc) is 2.73. The van der Waals surface area contributed by atoms with E-state index < -0.39 is 0 Å². The first kappa shape index (κ1) is 20.5. The van der Waals surface area contributed by atoms with E-state index in [1.54, 1.807) is 7.11 Å². The number of rotatable bonds is 11. The van der Waals surface area contributed by atoms with Crippen LogP contribution >= 0.6 is 0 Å². The predicted molar refractivity (Wildman–Crippen MR) is 114 cm³/mol. The zero-order valence-corrected chi connectivity index (χ0v) is 16.1. The Morgan fingerprint density at radius 1 is 0.852 bits per heavy atom. The minimum absolute atomic E-state index is 0.832. The van der Waals surface area contributed by atoms with Crippen LogP contribution in [-0.2, 0) is 4.79 Å². The minimum Gasteiger partial charge on any atom is -0.497 e. The Bertz CT molecular complexity index is 764. The molecule has 2 aromatic carbocycles. The second-order valence-corrected chi connectivity index (χ2v) is 6.48. The first-order valence-corrected chi connectivity index (χ1v) is 9.57. The van der Waals surface area contributed by atoms with Gasteiger partial charge in [0.05, 0.1) is 7.11 Å². The van der Waals surface area contributed by atoms with Crippen molar-refractivity contribution < 1.29 is 9.53 Å². The van der Waals surface area contributed by atoms with Crippen molar-refractivity contribution in [1.29, 1.82) is 0 Å². The first-order chi connectivity index (χ1) is 13.3. The maximum absolute atomic E-state index is 11.1. The number of hydrogen-bond acceptors (Lipinski definition) is 2. The van der Waals surface area contributed by atoms with E-state index in [9.17, 15) is 4.79 Å². The number of unbranched alkanes of at least 4 members (excludes halogenated alkanes) is 2. The van der Waals surface area contributed by atoms with Gasteiger partial charge in [-0.2, -0.15) is 0 Å². The van der Waals surface area contributed by atoms with Crippen LogP contribution in [0.25, 0.3) is 12.2 Å². The fourth-order valence-corrected chi connectivity index (χ4v) is 2.81. The Hall–Kier alpha value is -2.83. The van der Waals surface area contributed by atoms with Crippen molar-refractivity contribution in [2.24, 2.45) is 0 Å². The van der Waals surface area contributed by atoms with Crippen molar-refractivity contribution in [2.45, 2.75) is 38.5 Å². The molecule has 0 atom stereocenters. The normalized spacial score (nSPS) is 11.0. The van der Waals surface area contributed by atoms with Gasteiger partial charge in [0.25, 0.3) is 0 Å². The summed E-state index contributed by atoms with van der Waals surface area (Å²) in [6.07, 6.45) is 14.2. The molecule has 0 saturated heterocycles. The predicted octanol–water partition coefficient (Wildman–Crippen LogP) is 6.52. The molecule has 140 valence electrons. The molecule has 0 saturated carbocycles. The molecule has 0 heterocycles. The number of hydrogen-bond donors (Lipinski definition) is 0. The van der Waals surface area contributed by atoms with Crippen molar-refractivity contribution in [3.63, 3.8) is 0 Å². The van der Waals surface area contributed by atoms with Crippen LogP contribution in [0.3, 0.4) is 0 Å². The summed E-state index contributed by atoms with van der Waals surface area (Å²) >= 11 is 0. The summed E-state index contributed by atoms with van der Waals surface area (Å²) in [5.41, 5.74) is 3.28. The van der Waals surface area contributed by atoms with Gasteiger partial charge >= 0.3 is 0 Å². The quantitative estimate of drug-likeness (QED) is 0.337. The third-order valence-corrected chi connectivity index (χ3v) is 4.38. The Morgan fingerprint density at radius 3 is 1.93 bits per heavy atom. The Labute approximate surface area is 162 Å². The molecule has 2 heteroatoms. The van der Waals surface area contributed by atoms with Gasteiger partial charge in [0.15, 0.2) is 0 Å². The monoisotopic (exact) mass is 360 g/mol. The van der Waals surface area contributed by atoms with Gasteiger partial charge in [-0.05, 0) is 61.8 Å². The topological polar surface area (TPSA) is 26.3 Å². The van der Waals surface area contributed by atoms with Crippen molar-refractivity contribution >= 4 is 18.1 Å². The summed E-state index contributed by atoms with van der Waals surface area (Å²) in [5.74, 6) is 3.00. The number of benzene rings is 2. The van der Waals surface area contributed by atoms with Gasteiger partial charge in [0.2, 0.25) is 0 Å². The number of allylic oxidation sites excluding steroid dienone is 3. The summed E-state index contributed by atoms with van der Waals surface area (Å²) in [5, 5.41) is 0. The van der Waals surface area contributed by atoms with Gasteiger partial charge in [-0.15, -0.1) is 0 Å². The number of carbonyl (C=O) groups excluding carboxylic acids is 1. The van der Waals surface area contributed by atoms with E-state index in [1.807, 2.05) is 42.5 Å². The summed E-state index contributed by atoms with van der Waals surface area (Å²) < 4.78 is 5.15. The van der Waals surface area contributed by atoms with E-state index in [4.69, 9.17) is 4.74 Å². The highest BCUT2D eigenvalue weighted by Gasteiger charge is 1.98. The van der Waals surface area contributed by atoms with Crippen LogP contribution in [0.2, 0.25) is 0 Å². The molecule has 2 aromatic rings. The molecule has 2 rings (SSSR count). The van der Waals surface area contributed by atoms with Gasteiger partial charge in [0.1, 0.15) is 11.7 Å². The van der Waals surface area contributed by atoms with Gasteiger partial charge in [-0.25, -0.2) is 4.79 Å². The maximum atomic E-state index is 11.1. The summed E-state index contributed by atoms with van der Waals surface area (Å²) in [6, 6.07) is 18.3. The largest absolute Gasteiger partial charge is 0.497 e. The average molecular weight is 360 g/mol. The molecule has 0 aliphatic heterocycles. The minimum atomic E-state index is 0.832. The fourth-order valence-electron chi connectivity index (χ4n) is 2.81. The Morgan fingerprint density at radius 2 is 1.41 bits per heavy atom. The molecule has 0 aliphatic rings. The lowest BCUT2D eigenvalue weighted by atomic mass is 10.0. The number of ether oxygens (including phenoxy) is 1. The smallest absolute Gasteiger partial charge is 0.123 e. The second-order valence-electron chi connectivity index (χ2n) is 6.48. The highest BCUT2D eigenvalue weighted by Crippen LogP contribution is 2.15. The van der Waals surface area contributed by atoms with Crippen molar-refractivity contribution in [2.75, 3.05) is 7.11 Å². The first-order valence-electron chi connectivity index (χ1n) is 9.57. The molecule has 0 aliphatic carbocycles. The Kier molecular flexibility index (Phi) is 9.49. The molecule has 0 bridgehead atoms. The molecule has 0 unspecified atom stereocenters. The lowest BCUT2D eigenvalue weighted by molar-refractivity contribution is 0.415. The second kappa shape index (κ2) is 12.5. The van der Waals surface area contributed by atoms with E-state index in [0.29, 0.717) is 0 Å². The van der Waals surface area contributed by atoms with E-state index in [-0.39, 0.29) is 0 Å². The van der Waals surface area contributed by atoms with Crippen LogP contribution < -0.4 is 4.74 Å². The van der Waals surface area contributed by atoms with Crippen molar-refractivity contribution in [3.8, 4) is 5.75 Å². The summed E-state index contributed by atoms with van der Waals surface area (Å²) in [4.78, 5) is 11.1. The molecular weight excluding hydrogens is 332 g/mol. The zero-order chi connectivity index (χ0) is 19.2. The third kappa shape index (κ3) is 8.40. The molecule has 0 N–H and O–H groups in total. The van der Waals surface area contributed by atoms with E-state index in [2.05, 4.69) is 42.4 Å². The van der Waals surface area contributed by atoms with Crippen LogP contribution in [0.5, 0.6) is 5.75 Å². The number of methoxy groups -OCH3 is 1. The lowest BCUT2D eigenvalue weighted by Crippen LogP contribution is -1.86. The molecule has 27 heavy (non-hydrogen) atoms. The highest BCUT2D eigenvalue weighted by atomic mass is 16.5. The fraction of sp³-hybridized carbons (Fsp3) is 0.280. The van der Waals surface area contributed by atoms with Crippen LogP contribution in [0, 0.1) is 0 Å². The van der Waals surface area contributed by atoms with Crippen LogP contribution in [0.15, 0.2) is 72.3 Å². The molecule has 0 aromatic heterocycles. The lowest BCUT2D eigenvalue weighted by Gasteiger charge is -2.01. The van der Waals surface area contributed by atoms with E-state index >= 15 is 0 Å². The zero-order valence-electron chi connectivity index (χ0n) is 16.1. The highest BCUT2D eigenvalue weighted by molar-refractivity contribution is 5.52. The molecule has 0 fully saturated rings. The maximum Gasteiger partial charge on any atom is 0.123 e. The van der Waals surface area contributed by atoms with Gasteiger partial charge < -0.3 is 4.74 Å². The van der Waals surface area contributed by atoms with Gasteiger partial charge in [-0.1, -0.05) is 66.8 Å². The van der Waals surface area contributed by atoms with Crippen molar-refractivity contribution in [1.82, 2.24) is 0 Å². The summed E-state index contributed by atoms with van der Waals surface area (Å²) in [7, 11) is 1.67. The standard InChI is InChI=1S/C25H28O2/c1-27-25-19-17-23(18-20-25)14-8-4-10-16-24(21-26)15-9-3-7-13-22-11-5-2-6-12-22/h2,5-8,11-14,17-20H,3-4,9-10,15-16H2,1H3/b13-7+,14-8+.